The number of benzene rings is 1. The van der Waals surface area contributed by atoms with Gasteiger partial charge in [-0.1, -0.05) is 15.9 Å². The van der Waals surface area contributed by atoms with E-state index in [1.807, 2.05) is 18.2 Å². The first-order chi connectivity index (χ1) is 53.5. The lowest BCUT2D eigenvalue weighted by Gasteiger charge is -2.29. The maximum absolute atomic E-state index is 15.0. The van der Waals surface area contributed by atoms with Crippen molar-refractivity contribution in [3.8, 4) is 0 Å². The number of carbonyl (C=O) groups is 9. The summed E-state index contributed by atoms with van der Waals surface area (Å²) < 4.78 is 1.95. The number of nitrogens with two attached hydrogens (primary N) is 9. The molecule has 10 atom stereocenters. The second-order valence-corrected chi connectivity index (χ2v) is 28.5. The van der Waals surface area contributed by atoms with E-state index in [9.17, 15) is 53.1 Å². The van der Waals surface area contributed by atoms with Crippen molar-refractivity contribution in [2.75, 3.05) is 58.9 Å². The third-order valence-corrected chi connectivity index (χ3v) is 19.0. The zero-order valence-corrected chi connectivity index (χ0v) is 64.9. The predicted molar refractivity (Wildman–Crippen MR) is 428 cm³/mol. The molecule has 0 spiro atoms. The molecule has 0 radical (unpaired) electrons. The van der Waals surface area contributed by atoms with Gasteiger partial charge in [-0.15, -0.1) is 11.3 Å². The number of β-amino-alcohol motifs (C(OH)–C–C–N with tert-alkyl or cyclic N) is 1. The van der Waals surface area contributed by atoms with Crippen molar-refractivity contribution >= 4 is 148 Å². The molecule has 2 aromatic heterocycles. The van der Waals surface area contributed by atoms with Gasteiger partial charge in [0, 0.05) is 73.5 Å². The number of guanidine groups is 8. The lowest BCUT2D eigenvalue weighted by molar-refractivity contribution is -0.136. The third-order valence-electron chi connectivity index (χ3n) is 17.3. The Bertz CT molecular complexity index is 3900. The molecule has 0 aliphatic carbocycles. The number of hydrogen-bond donors (Lipinski definition) is 35. The van der Waals surface area contributed by atoms with E-state index in [0.717, 1.165) is 14.6 Å². The summed E-state index contributed by atoms with van der Waals surface area (Å²) in [5.41, 5.74) is 50.0. The van der Waals surface area contributed by atoms with Gasteiger partial charge in [0.25, 0.3) is 5.56 Å². The van der Waals surface area contributed by atoms with Gasteiger partial charge in [-0.05, 0) is 127 Å². The highest BCUT2D eigenvalue weighted by Gasteiger charge is 2.40. The molecule has 1 aliphatic rings. The molecule has 1 fully saturated rings. The van der Waals surface area contributed by atoms with Crippen LogP contribution in [0.25, 0.3) is 20.3 Å². The van der Waals surface area contributed by atoms with Crippen LogP contribution in [0, 0.1) is 43.3 Å². The first-order valence-electron chi connectivity index (χ1n) is 36.4. The number of aromatic nitrogens is 2. The zero-order chi connectivity index (χ0) is 83.9. The molecule has 9 amide bonds. The molecule has 1 aromatic carbocycles. The lowest BCUT2D eigenvalue weighted by atomic mass is 10.0. The molecule has 44 N–H and O–H groups in total. The molecule has 0 bridgehead atoms. The van der Waals surface area contributed by atoms with Gasteiger partial charge >= 0.3 is 0 Å². The number of H-pyrrole nitrogens is 1. The number of amides is 9. The number of nitrogens with zero attached hydrogens (tertiary/aromatic N) is 2. The van der Waals surface area contributed by atoms with Gasteiger partial charge in [0.2, 0.25) is 53.2 Å². The standard InChI is InChI=1S/C64H111BrN36O11S/c65-31-17-18-43-33(27-31)45-46(113-43)56(112)100-44(99-45)30-101-29-32(102)28-42(101)55(111)98-41(16-8-26-90-64(81)82)54(110)97-40(15-7-25-89-63(79)80)53(109)96-39(14-6-24-88-62(77)78)52(108)95-38(13-5-23-87-61(75)76)51(107)94-37(12-4-22-86-60(73)74)50(106)93-36(11-3-21-85-59(71)72)49(105)92-35(10-2-20-84-58(69)70)48(104)91-34(47(66)103)9-1-19-83-57(67)68/h17-18,27,32,34-42,102H,1-16,19-26,28-30H2,(H2,66,103)(H,91,104)(H,92,105)(H,93,106)(H,94,107)(H,95,108)(H,96,109)(H,97,110)(H,98,111)(H4,67,68,83)(H4,69,70,84)(H4,71,72,85)(H4,73,74,86)(H4,75,76,87)(H4,77,78,88)(H4,79,80,89)(H4,81,82,90)(H,99,100,112)/t32-,34?,35+,36?,37+,38?,39+,40?,41+,42+/m0/s1. The number of halogens is 1. The average molecular weight is 1670 g/mol. The third kappa shape index (κ3) is 35.3. The molecule has 113 heavy (non-hydrogen) atoms. The molecule has 1 aliphatic heterocycles. The Balaban J connectivity index is 1.72. The first-order valence-corrected chi connectivity index (χ1v) is 38.0. The van der Waals surface area contributed by atoms with Crippen LogP contribution in [0.4, 0.5) is 0 Å². The summed E-state index contributed by atoms with van der Waals surface area (Å²) in [5.74, 6) is -11.4. The van der Waals surface area contributed by atoms with Crippen molar-refractivity contribution < 1.29 is 48.3 Å². The topological polar surface area (TPSA) is 840 Å². The lowest BCUT2D eigenvalue weighted by Crippen LogP contribution is -2.60. The first kappa shape index (κ1) is 93.5. The quantitative estimate of drug-likeness (QED) is 0.0142. The van der Waals surface area contributed by atoms with E-state index in [4.69, 9.17) is 99.9 Å². The van der Waals surface area contributed by atoms with Crippen LogP contribution in [-0.2, 0) is 49.7 Å². The van der Waals surface area contributed by atoms with Crippen LogP contribution >= 0.6 is 27.3 Å². The summed E-state index contributed by atoms with van der Waals surface area (Å²) in [6, 6.07) is -7.55. The van der Waals surface area contributed by atoms with Gasteiger partial charge in [-0.25, -0.2) is 4.98 Å². The molecule has 626 valence electrons. The van der Waals surface area contributed by atoms with Crippen LogP contribution < -0.4 is 142 Å². The van der Waals surface area contributed by atoms with Crippen LogP contribution in [0.15, 0.2) is 27.5 Å². The van der Waals surface area contributed by atoms with E-state index in [1.54, 1.807) is 4.90 Å². The van der Waals surface area contributed by atoms with Crippen LogP contribution in [-0.4, -0.2) is 240 Å². The number of thiophene rings is 1. The fourth-order valence-corrected chi connectivity index (χ4v) is 13.2. The van der Waals surface area contributed by atoms with Gasteiger partial charge in [0.15, 0.2) is 47.7 Å². The van der Waals surface area contributed by atoms with Crippen LogP contribution in [0.3, 0.4) is 0 Å². The zero-order valence-electron chi connectivity index (χ0n) is 62.5. The minimum atomic E-state index is -1.60. The average Bonchev–Trinajstić information content (AvgIpc) is 1.62. The van der Waals surface area contributed by atoms with Crippen molar-refractivity contribution in [3.63, 3.8) is 0 Å². The number of hydrogen-bond acceptors (Lipinski definition) is 22. The normalized spacial score (nSPS) is 15.2. The van der Waals surface area contributed by atoms with Crippen molar-refractivity contribution in [1.82, 2.24) is 99.9 Å². The Morgan fingerprint density at radius 2 is 0.726 bits per heavy atom. The van der Waals surface area contributed by atoms with E-state index in [2.05, 4.69) is 106 Å². The van der Waals surface area contributed by atoms with Crippen LogP contribution in [0.5, 0.6) is 0 Å². The van der Waals surface area contributed by atoms with E-state index in [1.165, 1.54) is 11.3 Å². The highest BCUT2D eigenvalue weighted by Crippen LogP contribution is 2.33. The summed E-state index contributed by atoms with van der Waals surface area (Å²) in [4.78, 5) is 153. The monoisotopic (exact) mass is 1670 g/mol. The Hall–Kier alpha value is -11.9. The predicted octanol–water partition coefficient (Wildman–Crippen LogP) is -8.69. The number of nitrogens with one attached hydrogen (secondary N) is 25. The maximum atomic E-state index is 15.0. The van der Waals surface area contributed by atoms with Gasteiger partial charge in [0.05, 0.1) is 24.2 Å². The van der Waals surface area contributed by atoms with Gasteiger partial charge < -0.3 is 147 Å². The SMILES string of the molecule is N=C(N)NCCCC(NC(=O)[C@@H](CCCNC(=N)N)NC(=O)C(CCCNC(=N)N)NC(=O)[C@@H](CCCNC(=N)N)NC(=O)C(CCCNC(=N)N)NC(=O)[C@@H](CCCNC(=N)N)NC(=O)C(CCCNC(=N)N)NC(=O)[C@@H](CCCNC(=N)N)NC(=O)[C@H]1C[C@H](O)CN1Cc1nc2c(sc3ccc(Br)cc32)c(=O)[nH]1)C(N)=O. The summed E-state index contributed by atoms with van der Waals surface area (Å²) >= 11 is 4.73. The largest absolute Gasteiger partial charge is 0.392 e. The summed E-state index contributed by atoms with van der Waals surface area (Å²) in [6.45, 7) is 0.0118. The Kier molecular flexibility index (Phi) is 40.3. The molecule has 1 saturated heterocycles. The fourth-order valence-electron chi connectivity index (χ4n) is 11.8. The molecule has 3 aromatic rings. The van der Waals surface area contributed by atoms with Crippen molar-refractivity contribution in [2.45, 2.75) is 176 Å². The molecule has 4 rings (SSSR count). The van der Waals surface area contributed by atoms with E-state index < -0.39 is 155 Å². The van der Waals surface area contributed by atoms with Gasteiger partial charge in [-0.2, -0.15) is 0 Å². The number of carbonyl (C=O) groups excluding carboxylic acids is 9. The Morgan fingerprint density at radius 3 is 1.01 bits per heavy atom. The second kappa shape index (κ2) is 48.7. The number of fused-ring (bicyclic) bond motifs is 3. The Labute approximate surface area is 662 Å². The van der Waals surface area contributed by atoms with Gasteiger partial charge in [0.1, 0.15) is 58.9 Å². The highest BCUT2D eigenvalue weighted by molar-refractivity contribution is 9.10. The highest BCUT2D eigenvalue weighted by atomic mass is 79.9. The van der Waals surface area contributed by atoms with Crippen molar-refractivity contribution in [1.29, 1.82) is 43.3 Å². The van der Waals surface area contributed by atoms with E-state index in [-0.39, 0.29) is 192 Å². The summed E-state index contributed by atoms with van der Waals surface area (Å²) in [7, 11) is 0. The van der Waals surface area contributed by atoms with Crippen LogP contribution in [0.1, 0.15) is 115 Å². The maximum Gasteiger partial charge on any atom is 0.268 e. The molecule has 47 nitrogen and oxygen atoms in total. The van der Waals surface area contributed by atoms with Gasteiger partial charge in [-0.3, -0.25) is 96.1 Å². The van der Waals surface area contributed by atoms with Crippen molar-refractivity contribution in [3.05, 3.63) is 38.9 Å². The second-order valence-electron chi connectivity index (χ2n) is 26.5. The van der Waals surface area contributed by atoms with E-state index >= 15 is 0 Å². The number of rotatable bonds is 51. The number of aromatic amines is 1. The molecule has 3 heterocycles. The van der Waals surface area contributed by atoms with Crippen molar-refractivity contribution in [2.24, 2.45) is 51.6 Å². The molecule has 49 heteroatoms. The fraction of sp³-hybridized carbons (Fsp3) is 0.578. The summed E-state index contributed by atoms with van der Waals surface area (Å²) in [6.07, 6.45) is -1.96. The molecule has 0 saturated carbocycles. The minimum Gasteiger partial charge on any atom is -0.392 e. The number of aliphatic hydroxyl groups is 1. The number of likely N-dealkylation sites (tertiary alicyclic amines) is 1. The Morgan fingerprint density at radius 1 is 0.451 bits per heavy atom. The number of primary amides is 1. The van der Waals surface area contributed by atoms with Crippen LogP contribution in [0.2, 0.25) is 0 Å². The number of aliphatic hydroxyl groups excluding tert-OH is 1. The van der Waals surface area contributed by atoms with E-state index in [0.29, 0.717) is 10.2 Å². The summed E-state index contributed by atoms with van der Waals surface area (Å²) in [5, 5.41) is 115. The minimum absolute atomic E-state index is 0.000524. The molecular weight excluding hydrogens is 1560 g/mol. The molecule has 4 unspecified atom stereocenters. The smallest absolute Gasteiger partial charge is 0.268 e. The molecular formula is C64H111BrN36O11S.